The van der Waals surface area contributed by atoms with Crippen molar-refractivity contribution in [2.75, 3.05) is 9.80 Å². The van der Waals surface area contributed by atoms with Crippen LogP contribution in [0.1, 0.15) is 49.9 Å². The first-order valence-corrected chi connectivity index (χ1v) is 26.1. The lowest BCUT2D eigenvalue weighted by molar-refractivity contribution is 0.661. The monoisotopic (exact) mass is 944 g/mol. The molecule has 0 N–H and O–H groups in total. The van der Waals surface area contributed by atoms with E-state index < -0.39 is 0 Å². The minimum absolute atomic E-state index is 0.285. The minimum Gasteiger partial charge on any atom is -0.309 e. The van der Waals surface area contributed by atoms with Crippen molar-refractivity contribution in [2.24, 2.45) is 0 Å². The molecule has 0 aromatic heterocycles. The smallest absolute Gasteiger partial charge is 0.0620 e. The maximum Gasteiger partial charge on any atom is 0.0620 e. The van der Waals surface area contributed by atoms with Crippen LogP contribution in [0.2, 0.25) is 0 Å². The van der Waals surface area contributed by atoms with E-state index in [2.05, 4.69) is 280 Å². The number of para-hydroxylation sites is 2. The van der Waals surface area contributed by atoms with Gasteiger partial charge in [0.1, 0.15) is 0 Å². The van der Waals surface area contributed by atoms with Crippen LogP contribution in [0.3, 0.4) is 0 Å². The zero-order chi connectivity index (χ0) is 49.5. The minimum atomic E-state index is -0.285. The molecule has 0 heterocycles. The standard InChI is InChI=1S/C72H52N2/c1-71(2)63-37-33-47-21-15-17-29-55(47)67(63)61-41-57-59(43-65(61)71)69(73(51-25-7-5-8-26-51)53-35-31-45-19-11-13-23-49(45)39-53)58-42-62-66(72(3,4)64-38-34-48-22-16-18-30-56(48)68(62)64)44-60(58)70(57)74(52-27-9-6-10-28-52)54-36-32-46-20-12-14-24-50(46)40-54/h5-44H,1-4H3. The second kappa shape index (κ2) is 15.8. The zero-order valence-corrected chi connectivity index (χ0v) is 42.0. The molecule has 0 fully saturated rings. The number of nitrogens with zero attached hydrogens (tertiary/aromatic N) is 2. The highest BCUT2D eigenvalue weighted by Gasteiger charge is 2.41. The van der Waals surface area contributed by atoms with Crippen molar-refractivity contribution in [3.8, 4) is 22.3 Å². The summed E-state index contributed by atoms with van der Waals surface area (Å²) in [6.07, 6.45) is 0. The lowest BCUT2D eigenvalue weighted by Gasteiger charge is -2.34. The molecule has 74 heavy (non-hydrogen) atoms. The summed E-state index contributed by atoms with van der Waals surface area (Å²) in [7, 11) is 0. The predicted molar refractivity (Wildman–Crippen MR) is 316 cm³/mol. The Morgan fingerprint density at radius 1 is 0.243 bits per heavy atom. The molecule has 0 aliphatic heterocycles. The second-order valence-corrected chi connectivity index (χ2v) is 21.7. The van der Waals surface area contributed by atoms with Crippen molar-refractivity contribution in [3.63, 3.8) is 0 Å². The number of anilines is 6. The molecular weight excluding hydrogens is 893 g/mol. The summed E-state index contributed by atoms with van der Waals surface area (Å²) >= 11 is 0. The summed E-state index contributed by atoms with van der Waals surface area (Å²) < 4.78 is 0. The van der Waals surface area contributed by atoms with Crippen LogP contribution in [0.25, 0.3) is 86.9 Å². The van der Waals surface area contributed by atoms with Crippen LogP contribution in [0.4, 0.5) is 34.1 Å². The van der Waals surface area contributed by atoms with E-state index >= 15 is 0 Å². The third-order valence-electron chi connectivity index (χ3n) is 16.9. The summed E-state index contributed by atoms with van der Waals surface area (Å²) in [6.45, 7) is 9.72. The molecule has 0 saturated heterocycles. The molecular formula is C72H52N2. The van der Waals surface area contributed by atoms with Crippen LogP contribution in [0.15, 0.2) is 243 Å². The summed E-state index contributed by atoms with van der Waals surface area (Å²) in [5, 5.41) is 14.7. The fourth-order valence-electron chi connectivity index (χ4n) is 13.3. The number of benzene rings is 13. The Morgan fingerprint density at radius 2 is 0.581 bits per heavy atom. The molecule has 2 aliphatic carbocycles. The van der Waals surface area contributed by atoms with Crippen LogP contribution < -0.4 is 9.80 Å². The highest BCUT2D eigenvalue weighted by Crippen LogP contribution is 2.60. The first-order chi connectivity index (χ1) is 36.2. The van der Waals surface area contributed by atoms with Crippen molar-refractivity contribution in [1.29, 1.82) is 0 Å². The van der Waals surface area contributed by atoms with Gasteiger partial charge in [-0.2, -0.15) is 0 Å². The topological polar surface area (TPSA) is 6.48 Å². The van der Waals surface area contributed by atoms with Crippen LogP contribution in [-0.4, -0.2) is 0 Å². The Hall–Kier alpha value is -8.98. The summed E-state index contributed by atoms with van der Waals surface area (Å²) in [4.78, 5) is 5.13. The Balaban J connectivity index is 1.18. The van der Waals surface area contributed by atoms with Gasteiger partial charge in [0.2, 0.25) is 0 Å². The molecule has 13 aromatic carbocycles. The number of rotatable bonds is 6. The number of hydrogen-bond donors (Lipinski definition) is 0. The van der Waals surface area contributed by atoms with Crippen molar-refractivity contribution < 1.29 is 0 Å². The molecule has 0 amide bonds. The Kier molecular flexibility index (Phi) is 9.09. The number of hydrogen-bond acceptors (Lipinski definition) is 2. The van der Waals surface area contributed by atoms with Crippen molar-refractivity contribution in [3.05, 3.63) is 265 Å². The van der Waals surface area contributed by atoms with E-state index in [1.165, 1.54) is 121 Å². The van der Waals surface area contributed by atoms with Crippen molar-refractivity contribution in [1.82, 2.24) is 0 Å². The Labute approximate surface area is 432 Å². The van der Waals surface area contributed by atoms with E-state index in [1.54, 1.807) is 0 Å². The SMILES string of the molecule is CC1(C)c2cc3c(N(c4ccccc4)c4ccc5ccccc5c4)c4cc5c(cc4c(N(c4ccccc4)c4ccc6ccccc6c4)c3cc2-c2c1ccc1ccccc21)C(C)(C)c1ccc2ccccc2c1-5. The van der Waals surface area contributed by atoms with E-state index in [-0.39, 0.29) is 10.8 Å². The lowest BCUT2D eigenvalue weighted by atomic mass is 9.80. The molecule has 2 nitrogen and oxygen atoms in total. The van der Waals surface area contributed by atoms with Crippen LogP contribution in [0.5, 0.6) is 0 Å². The van der Waals surface area contributed by atoms with Gasteiger partial charge < -0.3 is 9.80 Å². The fraction of sp³-hybridized carbons (Fsp3) is 0.0833. The molecule has 0 unspecified atom stereocenters. The highest BCUT2D eigenvalue weighted by atomic mass is 15.2. The number of fused-ring (bicyclic) bond motifs is 14. The largest absolute Gasteiger partial charge is 0.309 e. The normalized spacial score (nSPS) is 13.9. The molecule has 0 bridgehead atoms. The molecule has 350 valence electrons. The van der Waals surface area contributed by atoms with Gasteiger partial charge in [-0.1, -0.05) is 198 Å². The van der Waals surface area contributed by atoms with E-state index in [0.717, 1.165) is 22.7 Å². The first-order valence-electron chi connectivity index (χ1n) is 26.1. The third kappa shape index (κ3) is 6.12. The molecule has 2 aliphatic rings. The van der Waals surface area contributed by atoms with Gasteiger partial charge in [0.15, 0.2) is 0 Å². The molecule has 0 radical (unpaired) electrons. The van der Waals surface area contributed by atoms with E-state index in [4.69, 9.17) is 0 Å². The maximum atomic E-state index is 2.60. The summed E-state index contributed by atoms with van der Waals surface area (Å²) in [6, 6.07) is 91.4. The third-order valence-corrected chi connectivity index (χ3v) is 16.9. The average Bonchev–Trinajstić information content (AvgIpc) is 3.82. The lowest BCUT2D eigenvalue weighted by Crippen LogP contribution is -2.18. The van der Waals surface area contributed by atoms with Gasteiger partial charge in [-0.15, -0.1) is 0 Å². The molecule has 13 aromatic rings. The Bertz CT molecular complexity index is 4200. The second-order valence-electron chi connectivity index (χ2n) is 21.7. The van der Waals surface area contributed by atoms with Gasteiger partial charge in [-0.3, -0.25) is 0 Å². The van der Waals surface area contributed by atoms with E-state index in [9.17, 15) is 0 Å². The van der Waals surface area contributed by atoms with Gasteiger partial charge in [-0.25, -0.2) is 0 Å². The van der Waals surface area contributed by atoms with Gasteiger partial charge in [0.25, 0.3) is 0 Å². The van der Waals surface area contributed by atoms with Gasteiger partial charge >= 0.3 is 0 Å². The van der Waals surface area contributed by atoms with Crippen molar-refractivity contribution in [2.45, 2.75) is 38.5 Å². The molecule has 2 heteroatoms. The molecule has 0 atom stereocenters. The van der Waals surface area contributed by atoms with Crippen LogP contribution in [0, 0.1) is 0 Å². The fourth-order valence-corrected chi connectivity index (χ4v) is 13.3. The van der Waals surface area contributed by atoms with Gasteiger partial charge in [0.05, 0.1) is 11.4 Å². The predicted octanol–water partition coefficient (Wildman–Crippen LogP) is 20.2. The summed E-state index contributed by atoms with van der Waals surface area (Å²) in [5.41, 5.74) is 16.9. The van der Waals surface area contributed by atoms with Crippen molar-refractivity contribution >= 4 is 98.8 Å². The molecule has 0 spiro atoms. The van der Waals surface area contributed by atoms with Crippen LogP contribution >= 0.6 is 0 Å². The van der Waals surface area contributed by atoms with Crippen LogP contribution in [-0.2, 0) is 10.8 Å². The quantitative estimate of drug-likeness (QED) is 0.121. The van der Waals surface area contributed by atoms with Gasteiger partial charge in [-0.05, 0) is 160 Å². The highest BCUT2D eigenvalue weighted by molar-refractivity contribution is 6.26. The van der Waals surface area contributed by atoms with Gasteiger partial charge in [0, 0.05) is 55.1 Å². The van der Waals surface area contributed by atoms with E-state index in [0.29, 0.717) is 0 Å². The van der Waals surface area contributed by atoms with E-state index in [1.807, 2.05) is 0 Å². The zero-order valence-electron chi connectivity index (χ0n) is 42.0. The Morgan fingerprint density at radius 3 is 1.00 bits per heavy atom. The molecule has 15 rings (SSSR count). The maximum absolute atomic E-state index is 2.60. The summed E-state index contributed by atoms with van der Waals surface area (Å²) in [5.74, 6) is 0. The molecule has 0 saturated carbocycles. The first kappa shape index (κ1) is 42.7. The average molecular weight is 945 g/mol.